The number of aromatic nitrogens is 2. The van der Waals surface area contributed by atoms with Crippen LogP contribution in [0.15, 0.2) is 30.6 Å². The second-order valence-electron chi connectivity index (χ2n) is 5.51. The van der Waals surface area contributed by atoms with Gasteiger partial charge in [0.1, 0.15) is 0 Å². The molecule has 1 fully saturated rings. The van der Waals surface area contributed by atoms with Crippen LogP contribution in [-0.2, 0) is 11.3 Å². The number of rotatable bonds is 5. The molecule has 0 aliphatic carbocycles. The number of amides is 1. The summed E-state index contributed by atoms with van der Waals surface area (Å²) in [6.07, 6.45) is 5.48. The zero-order valence-corrected chi connectivity index (χ0v) is 13.9. The average molecular weight is 332 g/mol. The Bertz CT molecular complexity index is 647. The summed E-state index contributed by atoms with van der Waals surface area (Å²) in [4.78, 5) is 24.9. The van der Waals surface area contributed by atoms with E-state index in [9.17, 15) is 4.79 Å². The maximum Gasteiger partial charge on any atom is 0.261 e. The molecule has 1 saturated heterocycles. The number of nitrogens with zero attached hydrogens (tertiary/aromatic N) is 3. The van der Waals surface area contributed by atoms with Gasteiger partial charge in [-0.05, 0) is 31.0 Å². The van der Waals surface area contributed by atoms with Crippen LogP contribution < -0.4 is 10.2 Å². The number of methoxy groups -OCH3 is 1. The van der Waals surface area contributed by atoms with Gasteiger partial charge in [-0.15, -0.1) is 11.3 Å². The number of nitrogens with one attached hydrogen (secondary N) is 1. The third kappa shape index (κ3) is 4.05. The topological polar surface area (TPSA) is 67.3 Å². The zero-order valence-electron chi connectivity index (χ0n) is 13.1. The van der Waals surface area contributed by atoms with Gasteiger partial charge in [-0.2, -0.15) is 0 Å². The smallest absolute Gasteiger partial charge is 0.261 e. The number of hydrogen-bond donors (Lipinski definition) is 1. The average Bonchev–Trinajstić information content (AvgIpc) is 3.05. The Hall–Kier alpha value is -1.99. The minimum absolute atomic E-state index is 0.0156. The Balaban J connectivity index is 1.59. The van der Waals surface area contributed by atoms with E-state index in [2.05, 4.69) is 20.2 Å². The third-order valence-corrected chi connectivity index (χ3v) is 4.82. The summed E-state index contributed by atoms with van der Waals surface area (Å²) >= 11 is 1.48. The van der Waals surface area contributed by atoms with E-state index in [1.165, 1.54) is 11.3 Å². The molecule has 0 aromatic carbocycles. The summed E-state index contributed by atoms with van der Waals surface area (Å²) in [5.41, 5.74) is 0. The van der Waals surface area contributed by atoms with Crippen molar-refractivity contribution in [2.45, 2.75) is 25.5 Å². The first-order valence-electron chi connectivity index (χ1n) is 7.67. The highest BCUT2D eigenvalue weighted by Crippen LogP contribution is 2.19. The molecule has 122 valence electrons. The van der Waals surface area contributed by atoms with Gasteiger partial charge in [-0.1, -0.05) is 0 Å². The third-order valence-electron chi connectivity index (χ3n) is 3.76. The van der Waals surface area contributed by atoms with Gasteiger partial charge in [0, 0.05) is 43.5 Å². The van der Waals surface area contributed by atoms with E-state index in [0.717, 1.165) is 41.6 Å². The number of thiophene rings is 1. The second kappa shape index (κ2) is 7.52. The summed E-state index contributed by atoms with van der Waals surface area (Å²) in [7, 11) is 1.65. The largest absolute Gasteiger partial charge is 0.379 e. The molecule has 1 unspecified atom stereocenters. The highest BCUT2D eigenvalue weighted by Gasteiger charge is 2.23. The number of hydrogen-bond acceptors (Lipinski definition) is 6. The van der Waals surface area contributed by atoms with Crippen molar-refractivity contribution in [3.63, 3.8) is 0 Å². The molecule has 6 nitrogen and oxygen atoms in total. The summed E-state index contributed by atoms with van der Waals surface area (Å²) in [6, 6.07) is 5.72. The van der Waals surface area contributed by atoms with E-state index in [1.807, 2.05) is 12.1 Å². The van der Waals surface area contributed by atoms with E-state index in [4.69, 9.17) is 4.74 Å². The number of carbonyl (C=O) groups excluding carboxylic acids is 1. The molecule has 3 rings (SSSR count). The van der Waals surface area contributed by atoms with Gasteiger partial charge in [0.25, 0.3) is 5.91 Å². The summed E-state index contributed by atoms with van der Waals surface area (Å²) in [5, 5.41) is 3.12. The molecule has 23 heavy (non-hydrogen) atoms. The van der Waals surface area contributed by atoms with E-state index in [-0.39, 0.29) is 11.9 Å². The number of ether oxygens (including phenoxy) is 1. The SMILES string of the molecule is COCc1ccc(C(=O)NC2CCCN(c3ncccn3)C2)s1. The molecule has 7 heteroatoms. The van der Waals surface area contributed by atoms with Gasteiger partial charge in [0.15, 0.2) is 0 Å². The second-order valence-corrected chi connectivity index (χ2v) is 6.67. The minimum Gasteiger partial charge on any atom is -0.379 e. The van der Waals surface area contributed by atoms with Crippen LogP contribution in [0.25, 0.3) is 0 Å². The van der Waals surface area contributed by atoms with Crippen LogP contribution in [0.3, 0.4) is 0 Å². The van der Waals surface area contributed by atoms with Crippen LogP contribution in [0.5, 0.6) is 0 Å². The maximum absolute atomic E-state index is 12.4. The van der Waals surface area contributed by atoms with E-state index >= 15 is 0 Å². The fourth-order valence-corrected chi connectivity index (χ4v) is 3.59. The van der Waals surface area contributed by atoms with Gasteiger partial charge in [0.2, 0.25) is 5.95 Å². The Labute approximate surface area is 139 Å². The zero-order chi connectivity index (χ0) is 16.1. The van der Waals surface area contributed by atoms with Crippen molar-refractivity contribution in [1.82, 2.24) is 15.3 Å². The molecule has 3 heterocycles. The molecule has 0 spiro atoms. The number of carbonyl (C=O) groups is 1. The van der Waals surface area contributed by atoms with E-state index in [0.29, 0.717) is 6.61 Å². The van der Waals surface area contributed by atoms with Crippen molar-refractivity contribution in [3.05, 3.63) is 40.3 Å². The maximum atomic E-state index is 12.4. The Morgan fingerprint density at radius 1 is 1.43 bits per heavy atom. The van der Waals surface area contributed by atoms with Gasteiger partial charge in [-0.25, -0.2) is 9.97 Å². The minimum atomic E-state index is -0.0156. The van der Waals surface area contributed by atoms with Gasteiger partial charge in [-0.3, -0.25) is 4.79 Å². The lowest BCUT2D eigenvalue weighted by molar-refractivity contribution is 0.0937. The molecule has 1 N–H and O–H groups in total. The Morgan fingerprint density at radius 3 is 3.04 bits per heavy atom. The molecule has 1 atom stereocenters. The molecule has 1 aliphatic heterocycles. The summed E-state index contributed by atoms with van der Waals surface area (Å²) < 4.78 is 5.09. The van der Waals surface area contributed by atoms with Crippen LogP contribution in [0.4, 0.5) is 5.95 Å². The van der Waals surface area contributed by atoms with Crippen molar-refractivity contribution in [2.24, 2.45) is 0 Å². The van der Waals surface area contributed by atoms with Gasteiger partial charge >= 0.3 is 0 Å². The van der Waals surface area contributed by atoms with Crippen molar-refractivity contribution in [3.8, 4) is 0 Å². The van der Waals surface area contributed by atoms with Crippen LogP contribution in [0.1, 0.15) is 27.4 Å². The van der Waals surface area contributed by atoms with Crippen molar-refractivity contribution in [1.29, 1.82) is 0 Å². The normalized spacial score (nSPS) is 18.0. The standard InChI is InChI=1S/C16H20N4O2S/c1-22-11-13-5-6-14(23-13)15(21)19-12-4-2-9-20(10-12)16-17-7-3-8-18-16/h3,5-8,12H,2,4,9-11H2,1H3,(H,19,21). The highest BCUT2D eigenvalue weighted by molar-refractivity contribution is 7.14. The first-order chi connectivity index (χ1) is 11.3. The van der Waals surface area contributed by atoms with Crippen molar-refractivity contribution >= 4 is 23.2 Å². The predicted molar refractivity (Wildman–Crippen MR) is 89.8 cm³/mol. The molecule has 2 aromatic heterocycles. The predicted octanol–water partition coefficient (Wildman–Crippen LogP) is 2.08. The summed E-state index contributed by atoms with van der Waals surface area (Å²) in [6.45, 7) is 2.21. The van der Waals surface area contributed by atoms with Crippen LogP contribution in [0.2, 0.25) is 0 Å². The highest BCUT2D eigenvalue weighted by atomic mass is 32.1. The van der Waals surface area contributed by atoms with Gasteiger partial charge in [0.05, 0.1) is 11.5 Å². The first-order valence-corrected chi connectivity index (χ1v) is 8.48. The van der Waals surface area contributed by atoms with Crippen molar-refractivity contribution in [2.75, 3.05) is 25.1 Å². The Morgan fingerprint density at radius 2 is 2.26 bits per heavy atom. The molecular formula is C16H20N4O2S. The quantitative estimate of drug-likeness (QED) is 0.908. The lowest BCUT2D eigenvalue weighted by Crippen LogP contribution is -2.48. The Kier molecular flexibility index (Phi) is 5.19. The lowest BCUT2D eigenvalue weighted by atomic mass is 10.1. The number of anilines is 1. The molecule has 0 saturated carbocycles. The van der Waals surface area contributed by atoms with Crippen molar-refractivity contribution < 1.29 is 9.53 Å². The summed E-state index contributed by atoms with van der Waals surface area (Å²) in [5.74, 6) is 0.711. The monoisotopic (exact) mass is 332 g/mol. The molecule has 1 aliphatic rings. The molecule has 1 amide bonds. The molecule has 0 radical (unpaired) electrons. The van der Waals surface area contributed by atoms with Crippen LogP contribution >= 0.6 is 11.3 Å². The fraction of sp³-hybridized carbons (Fsp3) is 0.438. The fourth-order valence-electron chi connectivity index (χ4n) is 2.71. The van der Waals surface area contributed by atoms with E-state index < -0.39 is 0 Å². The van der Waals surface area contributed by atoms with E-state index in [1.54, 1.807) is 25.6 Å². The van der Waals surface area contributed by atoms with Crippen LogP contribution in [0, 0.1) is 0 Å². The lowest BCUT2D eigenvalue weighted by Gasteiger charge is -2.32. The van der Waals surface area contributed by atoms with Crippen LogP contribution in [-0.4, -0.2) is 42.1 Å². The first kappa shape index (κ1) is 15.9. The number of piperidine rings is 1. The van der Waals surface area contributed by atoms with Gasteiger partial charge < -0.3 is 15.0 Å². The molecular weight excluding hydrogens is 312 g/mol. The molecule has 2 aromatic rings. The molecule has 0 bridgehead atoms.